The zero-order valence-electron chi connectivity index (χ0n) is 15.6. The van der Waals surface area contributed by atoms with Gasteiger partial charge in [-0.3, -0.25) is 4.90 Å². The standard InChI is InChI=1S/C21H23N3O3/c1-25-18-7-3-15(4-8-18)13-24-12-11-17(14-24)21-22-20(23-27-21)16-5-9-19(26-2)10-6-16/h3-10,17H,11-14H2,1-2H3. The van der Waals surface area contributed by atoms with Crippen molar-refractivity contribution in [2.24, 2.45) is 0 Å². The minimum Gasteiger partial charge on any atom is -0.497 e. The molecule has 0 amide bonds. The summed E-state index contributed by atoms with van der Waals surface area (Å²) < 4.78 is 16.0. The first-order valence-electron chi connectivity index (χ1n) is 9.08. The molecule has 6 heteroatoms. The third kappa shape index (κ3) is 3.95. The summed E-state index contributed by atoms with van der Waals surface area (Å²) in [5.41, 5.74) is 2.21. The molecule has 2 heterocycles. The smallest absolute Gasteiger partial charge is 0.231 e. The van der Waals surface area contributed by atoms with Gasteiger partial charge in [-0.05, 0) is 54.9 Å². The third-order valence-electron chi connectivity index (χ3n) is 4.98. The van der Waals surface area contributed by atoms with Crippen LogP contribution >= 0.6 is 0 Å². The molecule has 27 heavy (non-hydrogen) atoms. The van der Waals surface area contributed by atoms with Gasteiger partial charge in [-0.2, -0.15) is 4.98 Å². The highest BCUT2D eigenvalue weighted by molar-refractivity contribution is 5.55. The molecule has 0 aliphatic carbocycles. The molecule has 140 valence electrons. The van der Waals surface area contributed by atoms with Crippen LogP contribution in [0.4, 0.5) is 0 Å². The van der Waals surface area contributed by atoms with Crippen LogP contribution in [0.2, 0.25) is 0 Å². The first-order chi connectivity index (χ1) is 13.2. The summed E-state index contributed by atoms with van der Waals surface area (Å²) in [6.45, 7) is 2.87. The van der Waals surface area contributed by atoms with Crippen molar-refractivity contribution in [1.82, 2.24) is 15.0 Å². The highest BCUT2D eigenvalue weighted by Gasteiger charge is 2.28. The molecule has 0 radical (unpaired) electrons. The Kier molecular flexibility index (Phi) is 5.07. The Morgan fingerprint density at radius 1 is 1.00 bits per heavy atom. The topological polar surface area (TPSA) is 60.6 Å². The zero-order valence-corrected chi connectivity index (χ0v) is 15.6. The van der Waals surface area contributed by atoms with E-state index in [0.29, 0.717) is 5.82 Å². The fourth-order valence-electron chi connectivity index (χ4n) is 3.43. The Morgan fingerprint density at radius 3 is 2.33 bits per heavy atom. The van der Waals surface area contributed by atoms with Crippen molar-refractivity contribution in [1.29, 1.82) is 0 Å². The van der Waals surface area contributed by atoms with E-state index in [1.165, 1.54) is 5.56 Å². The Bertz CT molecular complexity index is 874. The van der Waals surface area contributed by atoms with Crippen molar-refractivity contribution in [3.8, 4) is 22.9 Å². The normalized spacial score (nSPS) is 17.2. The maximum absolute atomic E-state index is 5.55. The van der Waals surface area contributed by atoms with Crippen molar-refractivity contribution in [3.63, 3.8) is 0 Å². The summed E-state index contributed by atoms with van der Waals surface area (Å²) in [6.07, 6.45) is 1.03. The molecule has 1 unspecified atom stereocenters. The fourth-order valence-corrected chi connectivity index (χ4v) is 3.43. The van der Waals surface area contributed by atoms with Crippen LogP contribution in [0.1, 0.15) is 23.8 Å². The van der Waals surface area contributed by atoms with Gasteiger partial charge in [-0.25, -0.2) is 0 Å². The van der Waals surface area contributed by atoms with Crippen molar-refractivity contribution < 1.29 is 14.0 Å². The predicted molar refractivity (Wildman–Crippen MR) is 102 cm³/mol. The zero-order chi connectivity index (χ0) is 18.6. The molecule has 3 aromatic rings. The molecule has 6 nitrogen and oxygen atoms in total. The highest BCUT2D eigenvalue weighted by atomic mass is 16.5. The van der Waals surface area contributed by atoms with Crippen LogP contribution in [0, 0.1) is 0 Å². The van der Waals surface area contributed by atoms with Gasteiger partial charge >= 0.3 is 0 Å². The van der Waals surface area contributed by atoms with Crippen LogP contribution in [0.5, 0.6) is 11.5 Å². The van der Waals surface area contributed by atoms with Gasteiger partial charge in [0.15, 0.2) is 0 Å². The summed E-state index contributed by atoms with van der Waals surface area (Å²) in [7, 11) is 3.34. The summed E-state index contributed by atoms with van der Waals surface area (Å²) in [5.74, 6) is 3.32. The molecule has 4 rings (SSSR count). The van der Waals surface area contributed by atoms with Crippen LogP contribution in [0.15, 0.2) is 53.1 Å². The molecule has 0 bridgehead atoms. The van der Waals surface area contributed by atoms with Crippen molar-refractivity contribution in [3.05, 3.63) is 60.0 Å². The summed E-state index contributed by atoms with van der Waals surface area (Å²) in [6, 6.07) is 15.9. The number of hydrogen-bond acceptors (Lipinski definition) is 6. The number of methoxy groups -OCH3 is 2. The lowest BCUT2D eigenvalue weighted by Crippen LogP contribution is -2.19. The van der Waals surface area contributed by atoms with E-state index in [1.807, 2.05) is 36.4 Å². The molecule has 0 saturated carbocycles. The minimum absolute atomic E-state index is 0.280. The molecule has 1 saturated heterocycles. The van der Waals surface area contributed by atoms with Gasteiger partial charge in [0.05, 0.1) is 20.1 Å². The Labute approximate surface area is 158 Å². The summed E-state index contributed by atoms with van der Waals surface area (Å²) in [4.78, 5) is 7.04. The van der Waals surface area contributed by atoms with Crippen molar-refractivity contribution in [2.75, 3.05) is 27.3 Å². The average Bonchev–Trinajstić information content (AvgIpc) is 3.38. The van der Waals surface area contributed by atoms with E-state index >= 15 is 0 Å². The second kappa shape index (κ2) is 7.80. The van der Waals surface area contributed by atoms with Gasteiger partial charge in [-0.15, -0.1) is 0 Å². The van der Waals surface area contributed by atoms with Crippen molar-refractivity contribution in [2.45, 2.75) is 18.9 Å². The molecule has 1 atom stereocenters. The van der Waals surface area contributed by atoms with E-state index in [9.17, 15) is 0 Å². The van der Waals surface area contributed by atoms with Gasteiger partial charge in [0.2, 0.25) is 11.7 Å². The molecule has 1 fully saturated rings. The molecular weight excluding hydrogens is 342 g/mol. The molecule has 0 spiro atoms. The van der Waals surface area contributed by atoms with E-state index in [1.54, 1.807) is 14.2 Å². The number of benzene rings is 2. The fraction of sp³-hybridized carbons (Fsp3) is 0.333. The van der Waals surface area contributed by atoms with E-state index in [0.717, 1.165) is 49.0 Å². The van der Waals surface area contributed by atoms with E-state index in [2.05, 4.69) is 27.2 Å². The van der Waals surface area contributed by atoms with Gasteiger partial charge in [0.25, 0.3) is 0 Å². The molecule has 1 aliphatic rings. The van der Waals surface area contributed by atoms with E-state index in [4.69, 9.17) is 14.0 Å². The quantitative estimate of drug-likeness (QED) is 0.663. The van der Waals surface area contributed by atoms with Crippen LogP contribution in [-0.4, -0.2) is 42.3 Å². The molecule has 1 aromatic heterocycles. The van der Waals surface area contributed by atoms with Gasteiger partial charge in [-0.1, -0.05) is 17.3 Å². The predicted octanol–water partition coefficient (Wildman–Crippen LogP) is 3.74. The van der Waals surface area contributed by atoms with Crippen LogP contribution in [-0.2, 0) is 6.54 Å². The van der Waals surface area contributed by atoms with Gasteiger partial charge < -0.3 is 14.0 Å². The second-order valence-electron chi connectivity index (χ2n) is 6.75. The van der Waals surface area contributed by atoms with Crippen molar-refractivity contribution >= 4 is 0 Å². The summed E-state index contributed by atoms with van der Waals surface area (Å²) in [5, 5.41) is 4.16. The maximum Gasteiger partial charge on any atom is 0.231 e. The van der Waals surface area contributed by atoms with E-state index in [-0.39, 0.29) is 5.92 Å². The molecule has 1 aliphatic heterocycles. The number of likely N-dealkylation sites (tertiary alicyclic amines) is 1. The lowest BCUT2D eigenvalue weighted by Gasteiger charge is -2.15. The van der Waals surface area contributed by atoms with Gasteiger partial charge in [0.1, 0.15) is 11.5 Å². The maximum atomic E-state index is 5.55. The first kappa shape index (κ1) is 17.5. The minimum atomic E-state index is 0.280. The molecule has 2 aromatic carbocycles. The Hall–Kier alpha value is -2.86. The van der Waals surface area contributed by atoms with Gasteiger partial charge in [0, 0.05) is 18.7 Å². The van der Waals surface area contributed by atoms with E-state index < -0.39 is 0 Å². The monoisotopic (exact) mass is 365 g/mol. The largest absolute Gasteiger partial charge is 0.497 e. The third-order valence-corrected chi connectivity index (χ3v) is 4.98. The second-order valence-corrected chi connectivity index (χ2v) is 6.75. The number of ether oxygens (including phenoxy) is 2. The Morgan fingerprint density at radius 2 is 1.67 bits per heavy atom. The lowest BCUT2D eigenvalue weighted by molar-refractivity contribution is 0.309. The van der Waals surface area contributed by atoms with Crippen LogP contribution in [0.25, 0.3) is 11.4 Å². The Balaban J connectivity index is 1.39. The SMILES string of the molecule is COc1ccc(CN2CCC(c3nc(-c4ccc(OC)cc4)no3)C2)cc1. The number of hydrogen-bond donors (Lipinski definition) is 0. The number of rotatable bonds is 6. The first-order valence-corrected chi connectivity index (χ1v) is 9.08. The van der Waals surface area contributed by atoms with Crippen LogP contribution < -0.4 is 9.47 Å². The molecular formula is C21H23N3O3. The number of aromatic nitrogens is 2. The van der Waals surface area contributed by atoms with Crippen LogP contribution in [0.3, 0.4) is 0 Å². The summed E-state index contributed by atoms with van der Waals surface area (Å²) >= 11 is 0. The lowest BCUT2D eigenvalue weighted by atomic mass is 10.1. The molecule has 0 N–H and O–H groups in total. The average molecular weight is 365 g/mol. The highest BCUT2D eigenvalue weighted by Crippen LogP contribution is 2.29. The number of nitrogens with zero attached hydrogens (tertiary/aromatic N) is 3.